The largest absolute Gasteiger partial charge is 0.496 e. The monoisotopic (exact) mass is 468 g/mol. The topological polar surface area (TPSA) is 64.2 Å². The van der Waals surface area contributed by atoms with E-state index in [0.29, 0.717) is 24.3 Å². The summed E-state index contributed by atoms with van der Waals surface area (Å²) in [7, 11) is 1.63. The number of methoxy groups -OCH3 is 1. The first kappa shape index (κ1) is 21.9. The molecule has 0 aliphatic carbocycles. The van der Waals surface area contributed by atoms with E-state index in [1.807, 2.05) is 37.3 Å². The Balaban J connectivity index is 2.37. The molecule has 0 saturated carbocycles. The van der Waals surface area contributed by atoms with Gasteiger partial charge in [-0.15, -0.1) is 0 Å². The van der Waals surface area contributed by atoms with Gasteiger partial charge in [0.05, 0.1) is 40.9 Å². The van der Waals surface area contributed by atoms with Crippen molar-refractivity contribution in [2.45, 2.75) is 39.7 Å². The second-order valence-electron chi connectivity index (χ2n) is 7.51. The lowest BCUT2D eigenvalue weighted by atomic mass is 9.79. The molecular weight excluding hydrogens is 444 g/mol. The van der Waals surface area contributed by atoms with Gasteiger partial charge in [-0.3, -0.25) is 0 Å². The fraction of sp³-hybridized carbons (Fsp3) is 0.333. The van der Waals surface area contributed by atoms with E-state index in [2.05, 4.69) is 40.4 Å². The molecule has 0 unspecified atom stereocenters. The van der Waals surface area contributed by atoms with E-state index in [4.69, 9.17) is 9.47 Å². The van der Waals surface area contributed by atoms with Crippen LogP contribution in [-0.2, 0) is 16.7 Å². The van der Waals surface area contributed by atoms with Crippen LogP contribution in [-0.4, -0.2) is 24.3 Å². The number of hydrogen-bond acceptors (Lipinski definition) is 4. The van der Waals surface area contributed by atoms with Crippen LogP contribution >= 0.6 is 15.9 Å². The minimum atomic E-state index is -0.515. The molecule has 0 aliphatic rings. The highest BCUT2D eigenvalue weighted by atomic mass is 79.9. The van der Waals surface area contributed by atoms with E-state index in [-0.39, 0.29) is 5.97 Å². The Bertz CT molecular complexity index is 1160. The van der Waals surface area contributed by atoms with Crippen LogP contribution in [0.1, 0.15) is 54.9 Å². The molecule has 1 aromatic heterocycles. The molecule has 1 heterocycles. The predicted octanol–water partition coefficient (Wildman–Crippen LogP) is 5.81. The fourth-order valence-electron chi connectivity index (χ4n) is 4.00. The molecule has 5 nitrogen and oxygen atoms in total. The summed E-state index contributed by atoms with van der Waals surface area (Å²) < 4.78 is 13.8. The lowest BCUT2D eigenvalue weighted by Crippen LogP contribution is -2.26. The summed E-state index contributed by atoms with van der Waals surface area (Å²) in [6, 6.07) is 13.6. The van der Waals surface area contributed by atoms with E-state index in [0.717, 1.165) is 32.4 Å². The molecule has 0 spiro atoms. The molecule has 0 fully saturated rings. The highest BCUT2D eigenvalue weighted by Gasteiger charge is 2.35. The number of benzene rings is 2. The smallest absolute Gasteiger partial charge is 0.340 e. The van der Waals surface area contributed by atoms with Crippen LogP contribution < -0.4 is 4.74 Å². The standard InChI is InChI=1S/C24H25BrN2O3/c1-6-27-19-12-15(14-26)8-10-17(19)21(23(28)30-7-2)22(27)24(3,4)16-9-11-20(29-5)18(25)13-16/h8-13H,6-7H2,1-5H3. The third-order valence-electron chi connectivity index (χ3n) is 5.45. The molecule has 0 radical (unpaired) electrons. The third kappa shape index (κ3) is 3.59. The van der Waals surface area contributed by atoms with Crippen molar-refractivity contribution < 1.29 is 14.3 Å². The number of carbonyl (C=O) groups is 1. The summed E-state index contributed by atoms with van der Waals surface area (Å²) in [5, 5.41) is 10.2. The van der Waals surface area contributed by atoms with Gasteiger partial charge in [0.15, 0.2) is 0 Å². The molecule has 30 heavy (non-hydrogen) atoms. The molecule has 0 amide bonds. The maximum absolute atomic E-state index is 13.1. The molecular formula is C24H25BrN2O3. The van der Waals surface area contributed by atoms with Crippen LogP contribution in [0.25, 0.3) is 10.9 Å². The fourth-order valence-corrected chi connectivity index (χ4v) is 4.54. The molecule has 156 valence electrons. The molecule has 0 saturated heterocycles. The number of hydrogen-bond donors (Lipinski definition) is 0. The van der Waals surface area contributed by atoms with Gasteiger partial charge in [-0.1, -0.05) is 26.0 Å². The number of carbonyl (C=O) groups excluding carboxylic acids is 1. The van der Waals surface area contributed by atoms with Gasteiger partial charge in [-0.05, 0) is 59.6 Å². The van der Waals surface area contributed by atoms with E-state index in [1.54, 1.807) is 20.1 Å². The second-order valence-corrected chi connectivity index (χ2v) is 8.36. The quantitative estimate of drug-likeness (QED) is 0.428. The zero-order chi connectivity index (χ0) is 22.1. The first-order valence-electron chi connectivity index (χ1n) is 9.88. The zero-order valence-electron chi connectivity index (χ0n) is 17.9. The van der Waals surface area contributed by atoms with E-state index >= 15 is 0 Å². The van der Waals surface area contributed by atoms with E-state index < -0.39 is 5.41 Å². The van der Waals surface area contributed by atoms with Crippen LogP contribution in [0.3, 0.4) is 0 Å². The van der Waals surface area contributed by atoms with Crippen molar-refractivity contribution in [1.82, 2.24) is 4.57 Å². The van der Waals surface area contributed by atoms with Crippen molar-refractivity contribution in [3.8, 4) is 11.8 Å². The number of ether oxygens (including phenoxy) is 2. The van der Waals surface area contributed by atoms with Crippen LogP contribution in [0.2, 0.25) is 0 Å². The van der Waals surface area contributed by atoms with Crippen molar-refractivity contribution in [1.29, 1.82) is 5.26 Å². The van der Waals surface area contributed by atoms with Gasteiger partial charge in [0.25, 0.3) is 0 Å². The van der Waals surface area contributed by atoms with E-state index in [9.17, 15) is 10.1 Å². The Kier molecular flexibility index (Phi) is 6.23. The Morgan fingerprint density at radius 2 is 1.93 bits per heavy atom. The molecule has 6 heteroatoms. The average molecular weight is 469 g/mol. The molecule has 3 aromatic rings. The maximum Gasteiger partial charge on any atom is 0.340 e. The lowest BCUT2D eigenvalue weighted by molar-refractivity contribution is 0.0525. The van der Waals surface area contributed by atoms with Gasteiger partial charge in [0.2, 0.25) is 0 Å². The Hall–Kier alpha value is -2.78. The van der Waals surface area contributed by atoms with Crippen molar-refractivity contribution in [3.05, 3.63) is 63.3 Å². The third-order valence-corrected chi connectivity index (χ3v) is 6.07. The SMILES string of the molecule is CCOC(=O)c1c(C(C)(C)c2ccc(OC)c(Br)c2)n(CC)c2cc(C#N)ccc12. The molecule has 3 rings (SSSR count). The normalized spacial score (nSPS) is 11.4. The van der Waals surface area contributed by atoms with Crippen molar-refractivity contribution in [3.63, 3.8) is 0 Å². The summed E-state index contributed by atoms with van der Waals surface area (Å²) in [5.74, 6) is 0.393. The van der Waals surface area contributed by atoms with Gasteiger partial charge < -0.3 is 14.0 Å². The van der Waals surface area contributed by atoms with Crippen molar-refractivity contribution in [2.75, 3.05) is 13.7 Å². The maximum atomic E-state index is 13.1. The minimum absolute atomic E-state index is 0.294. The highest BCUT2D eigenvalue weighted by molar-refractivity contribution is 9.10. The molecule has 0 bridgehead atoms. The molecule has 0 N–H and O–H groups in total. The predicted molar refractivity (Wildman–Crippen MR) is 121 cm³/mol. The Morgan fingerprint density at radius 1 is 1.20 bits per heavy atom. The number of nitriles is 1. The number of aryl methyl sites for hydroxylation is 1. The summed E-state index contributed by atoms with van der Waals surface area (Å²) in [6.07, 6.45) is 0. The number of fused-ring (bicyclic) bond motifs is 1. The minimum Gasteiger partial charge on any atom is -0.496 e. The molecule has 0 atom stereocenters. The summed E-state index contributed by atoms with van der Waals surface area (Å²) >= 11 is 3.57. The van der Waals surface area contributed by atoms with Crippen molar-refractivity contribution >= 4 is 32.8 Å². The Labute approximate surface area is 185 Å². The Morgan fingerprint density at radius 3 is 2.50 bits per heavy atom. The second kappa shape index (κ2) is 8.53. The van der Waals surface area contributed by atoms with Gasteiger partial charge in [0.1, 0.15) is 5.75 Å². The first-order chi connectivity index (χ1) is 14.3. The summed E-state index contributed by atoms with van der Waals surface area (Å²) in [6.45, 7) is 8.97. The zero-order valence-corrected chi connectivity index (χ0v) is 19.5. The number of halogens is 1. The highest BCUT2D eigenvalue weighted by Crippen LogP contribution is 2.41. The van der Waals surface area contributed by atoms with Crippen LogP contribution in [0.15, 0.2) is 40.9 Å². The number of esters is 1. The average Bonchev–Trinajstić information content (AvgIpc) is 3.08. The lowest BCUT2D eigenvalue weighted by Gasteiger charge is -2.29. The van der Waals surface area contributed by atoms with Gasteiger partial charge in [0, 0.05) is 23.0 Å². The van der Waals surface area contributed by atoms with E-state index in [1.165, 1.54) is 0 Å². The molecule has 0 aliphatic heterocycles. The number of nitrogens with zero attached hydrogens (tertiary/aromatic N) is 2. The van der Waals surface area contributed by atoms with Gasteiger partial charge in [-0.2, -0.15) is 5.26 Å². The van der Waals surface area contributed by atoms with Crippen molar-refractivity contribution in [2.24, 2.45) is 0 Å². The van der Waals surface area contributed by atoms with Crippen LogP contribution in [0.5, 0.6) is 5.75 Å². The summed E-state index contributed by atoms with van der Waals surface area (Å²) in [4.78, 5) is 13.1. The van der Waals surface area contributed by atoms with Crippen LogP contribution in [0.4, 0.5) is 0 Å². The number of rotatable bonds is 6. The van der Waals surface area contributed by atoms with Crippen LogP contribution in [0, 0.1) is 11.3 Å². The number of aromatic nitrogens is 1. The van der Waals surface area contributed by atoms with Gasteiger partial charge in [-0.25, -0.2) is 4.79 Å². The summed E-state index contributed by atoms with van der Waals surface area (Å²) in [5.41, 5.74) is 3.34. The first-order valence-corrected chi connectivity index (χ1v) is 10.7. The molecule has 2 aromatic carbocycles. The van der Waals surface area contributed by atoms with Gasteiger partial charge >= 0.3 is 5.97 Å².